The minimum atomic E-state index is -0.342. The van der Waals surface area contributed by atoms with Crippen molar-refractivity contribution in [2.45, 2.75) is 0 Å². The zero-order valence-electron chi connectivity index (χ0n) is 13.0. The number of benzene rings is 1. The van der Waals surface area contributed by atoms with Gasteiger partial charge in [0.05, 0.1) is 0 Å². The molecule has 2 aromatic heterocycles. The Labute approximate surface area is 146 Å². The number of nitrogens with one attached hydrogen (secondary N) is 1. The third-order valence-corrected chi connectivity index (χ3v) is 4.22. The monoisotopic (exact) mass is 355 g/mol. The summed E-state index contributed by atoms with van der Waals surface area (Å²) in [5, 5.41) is 12.3. The van der Waals surface area contributed by atoms with Crippen molar-refractivity contribution in [2.75, 3.05) is 18.5 Å². The number of fused-ring (bicyclic) bond motifs is 1. The van der Waals surface area contributed by atoms with Crippen molar-refractivity contribution in [3.63, 3.8) is 0 Å². The quantitative estimate of drug-likeness (QED) is 0.723. The van der Waals surface area contributed by atoms with Crippen molar-refractivity contribution in [3.8, 4) is 23.0 Å². The lowest BCUT2D eigenvalue weighted by Crippen LogP contribution is -2.15. The molecule has 0 unspecified atom stereocenters. The third kappa shape index (κ3) is 3.53. The lowest BCUT2D eigenvalue weighted by Gasteiger charge is -2.18. The van der Waals surface area contributed by atoms with Gasteiger partial charge in [0.2, 0.25) is 5.89 Å². The van der Waals surface area contributed by atoms with Crippen molar-refractivity contribution >= 4 is 29.3 Å². The second-order valence-corrected chi connectivity index (χ2v) is 6.09. The van der Waals surface area contributed by atoms with Gasteiger partial charge in [0.15, 0.2) is 11.5 Å². The number of nitrogens with zero attached hydrogens (tertiary/aromatic N) is 2. The highest BCUT2D eigenvalue weighted by Gasteiger charge is 2.16. The Morgan fingerprint density at radius 1 is 1.16 bits per heavy atom. The first-order valence-electron chi connectivity index (χ1n) is 7.54. The van der Waals surface area contributed by atoms with Crippen molar-refractivity contribution in [3.05, 3.63) is 46.7 Å². The summed E-state index contributed by atoms with van der Waals surface area (Å²) < 4.78 is 16.5. The number of aromatic nitrogens is 2. The lowest BCUT2D eigenvalue weighted by molar-refractivity contribution is -0.112. The molecule has 0 saturated carbocycles. The first-order chi connectivity index (χ1) is 12.3. The van der Waals surface area contributed by atoms with Crippen LogP contribution in [-0.4, -0.2) is 29.3 Å². The van der Waals surface area contributed by atoms with E-state index in [2.05, 4.69) is 15.5 Å². The van der Waals surface area contributed by atoms with Crippen LogP contribution in [0.5, 0.6) is 11.5 Å². The highest BCUT2D eigenvalue weighted by atomic mass is 32.1. The van der Waals surface area contributed by atoms with E-state index in [1.807, 2.05) is 17.5 Å². The van der Waals surface area contributed by atoms with Crippen LogP contribution in [0.15, 0.2) is 46.2 Å². The fourth-order valence-electron chi connectivity index (χ4n) is 2.26. The molecule has 1 aliphatic heterocycles. The molecule has 0 saturated heterocycles. The van der Waals surface area contributed by atoms with E-state index in [1.54, 1.807) is 35.6 Å². The molecule has 8 heteroatoms. The van der Waals surface area contributed by atoms with Gasteiger partial charge in [-0.2, -0.15) is 0 Å². The van der Waals surface area contributed by atoms with Gasteiger partial charge in [-0.3, -0.25) is 10.1 Å². The minimum Gasteiger partial charge on any atom is -0.486 e. The molecule has 1 aliphatic rings. The van der Waals surface area contributed by atoms with Crippen molar-refractivity contribution < 1.29 is 18.7 Å². The Morgan fingerprint density at radius 3 is 2.88 bits per heavy atom. The Hall–Kier alpha value is -3.13. The van der Waals surface area contributed by atoms with E-state index in [0.717, 1.165) is 4.88 Å². The number of anilines is 1. The van der Waals surface area contributed by atoms with Crippen LogP contribution in [-0.2, 0) is 4.79 Å². The Bertz CT molecular complexity index is 918. The molecule has 0 aliphatic carbocycles. The van der Waals surface area contributed by atoms with Crippen LogP contribution >= 0.6 is 11.3 Å². The number of rotatable bonds is 4. The number of thiophene rings is 1. The van der Waals surface area contributed by atoms with Crippen LogP contribution in [0.4, 0.5) is 6.01 Å². The van der Waals surface area contributed by atoms with Crippen LogP contribution in [0.2, 0.25) is 0 Å². The molecule has 0 atom stereocenters. The highest BCUT2D eigenvalue weighted by molar-refractivity contribution is 7.10. The number of hydrogen-bond donors (Lipinski definition) is 1. The summed E-state index contributed by atoms with van der Waals surface area (Å²) in [5.41, 5.74) is 0.686. The molecule has 126 valence electrons. The van der Waals surface area contributed by atoms with Crippen molar-refractivity contribution in [2.24, 2.45) is 0 Å². The van der Waals surface area contributed by atoms with Gasteiger partial charge in [-0.25, -0.2) is 0 Å². The van der Waals surface area contributed by atoms with E-state index in [4.69, 9.17) is 13.9 Å². The number of amides is 1. The van der Waals surface area contributed by atoms with Crippen LogP contribution in [0, 0.1) is 0 Å². The molecule has 0 spiro atoms. The third-order valence-electron chi connectivity index (χ3n) is 3.39. The van der Waals surface area contributed by atoms with Crippen LogP contribution < -0.4 is 14.8 Å². The second-order valence-electron chi connectivity index (χ2n) is 5.11. The molecule has 0 fully saturated rings. The molecular weight excluding hydrogens is 342 g/mol. The molecule has 1 N–H and O–H groups in total. The molecule has 1 aromatic carbocycles. The van der Waals surface area contributed by atoms with Crippen LogP contribution in [0.25, 0.3) is 17.5 Å². The molecule has 25 heavy (non-hydrogen) atoms. The molecule has 4 rings (SSSR count). The largest absolute Gasteiger partial charge is 0.486 e. The van der Waals surface area contributed by atoms with Gasteiger partial charge in [0, 0.05) is 16.5 Å². The van der Waals surface area contributed by atoms with E-state index in [9.17, 15) is 4.79 Å². The Kier molecular flexibility index (Phi) is 4.17. The first kappa shape index (κ1) is 15.4. The van der Waals surface area contributed by atoms with E-state index in [-0.39, 0.29) is 17.8 Å². The normalized spacial score (nSPS) is 13.1. The highest BCUT2D eigenvalue weighted by Crippen LogP contribution is 2.34. The Morgan fingerprint density at radius 2 is 2.04 bits per heavy atom. The summed E-state index contributed by atoms with van der Waals surface area (Å²) in [6.45, 7) is 1.03. The molecule has 7 nitrogen and oxygen atoms in total. The number of ether oxygens (including phenoxy) is 2. The van der Waals surface area contributed by atoms with Gasteiger partial charge >= 0.3 is 6.01 Å². The number of hydrogen-bond acceptors (Lipinski definition) is 7. The average molecular weight is 355 g/mol. The molecular formula is C17H13N3O4S. The van der Waals surface area contributed by atoms with Crippen LogP contribution in [0.1, 0.15) is 4.88 Å². The SMILES string of the molecule is O=C(/C=C/c1cccs1)Nc1nnc(-c2ccc3c(c2)OCCO3)o1. The molecule has 0 bridgehead atoms. The second kappa shape index (κ2) is 6.78. The molecule has 0 radical (unpaired) electrons. The fraction of sp³-hybridized carbons (Fsp3) is 0.118. The summed E-state index contributed by atoms with van der Waals surface area (Å²) in [7, 11) is 0. The van der Waals surface area contributed by atoms with Crippen molar-refractivity contribution in [1.82, 2.24) is 10.2 Å². The number of carbonyl (C=O) groups excluding carboxylic acids is 1. The summed E-state index contributed by atoms with van der Waals surface area (Å²) in [6, 6.07) is 9.22. The number of carbonyl (C=O) groups is 1. The smallest absolute Gasteiger partial charge is 0.322 e. The van der Waals surface area contributed by atoms with Gasteiger partial charge in [0.1, 0.15) is 13.2 Å². The first-order valence-corrected chi connectivity index (χ1v) is 8.42. The summed E-state index contributed by atoms with van der Waals surface area (Å²) in [6.07, 6.45) is 3.14. The maximum Gasteiger partial charge on any atom is 0.322 e. The zero-order valence-corrected chi connectivity index (χ0v) is 13.8. The van der Waals surface area contributed by atoms with Gasteiger partial charge in [-0.15, -0.1) is 16.4 Å². The van der Waals surface area contributed by atoms with E-state index in [0.29, 0.717) is 30.3 Å². The summed E-state index contributed by atoms with van der Waals surface area (Å²) >= 11 is 1.54. The van der Waals surface area contributed by atoms with Gasteiger partial charge in [0.25, 0.3) is 5.91 Å². The Balaban J connectivity index is 1.46. The average Bonchev–Trinajstić information content (AvgIpc) is 3.31. The van der Waals surface area contributed by atoms with Crippen LogP contribution in [0.3, 0.4) is 0 Å². The standard InChI is InChI=1S/C17H13N3O4S/c21-15(6-4-12-2-1-9-25-12)18-17-20-19-16(24-17)11-3-5-13-14(10-11)23-8-7-22-13/h1-6,9-10H,7-8H2,(H,18,20,21)/b6-4+. The molecule has 3 heterocycles. The van der Waals surface area contributed by atoms with Gasteiger partial charge in [-0.05, 0) is 35.7 Å². The topological polar surface area (TPSA) is 86.5 Å². The predicted octanol–water partition coefficient (Wildman–Crippen LogP) is 3.22. The predicted molar refractivity (Wildman–Crippen MR) is 92.7 cm³/mol. The van der Waals surface area contributed by atoms with Gasteiger partial charge in [-0.1, -0.05) is 11.2 Å². The fourth-order valence-corrected chi connectivity index (χ4v) is 2.88. The lowest BCUT2D eigenvalue weighted by atomic mass is 10.2. The summed E-state index contributed by atoms with van der Waals surface area (Å²) in [5.74, 6) is 1.26. The van der Waals surface area contributed by atoms with E-state index < -0.39 is 0 Å². The van der Waals surface area contributed by atoms with E-state index >= 15 is 0 Å². The zero-order chi connectivity index (χ0) is 17.1. The molecule has 3 aromatic rings. The maximum absolute atomic E-state index is 11.9. The summed E-state index contributed by atoms with van der Waals surface area (Å²) in [4.78, 5) is 12.9. The van der Waals surface area contributed by atoms with E-state index in [1.165, 1.54) is 6.08 Å². The minimum absolute atomic E-state index is 0.0331. The van der Waals surface area contributed by atoms with Gasteiger partial charge < -0.3 is 13.9 Å². The maximum atomic E-state index is 11.9. The molecule has 1 amide bonds. The van der Waals surface area contributed by atoms with Crippen molar-refractivity contribution in [1.29, 1.82) is 0 Å².